The van der Waals surface area contributed by atoms with E-state index < -0.39 is 0 Å². The number of anilines is 1. The Labute approximate surface area is 128 Å². The topological polar surface area (TPSA) is 45.2 Å². The van der Waals surface area contributed by atoms with Gasteiger partial charge in [-0.25, -0.2) is 9.78 Å². The van der Waals surface area contributed by atoms with Crippen LogP contribution in [0.1, 0.15) is 24.8 Å². The van der Waals surface area contributed by atoms with E-state index in [-0.39, 0.29) is 12.1 Å². The third-order valence-electron chi connectivity index (χ3n) is 3.85. The summed E-state index contributed by atoms with van der Waals surface area (Å²) in [7, 11) is 0. The lowest BCUT2D eigenvalue weighted by atomic mass is 9.96. The van der Waals surface area contributed by atoms with Gasteiger partial charge in [-0.05, 0) is 31.2 Å². The number of aromatic nitrogens is 1. The van der Waals surface area contributed by atoms with Gasteiger partial charge in [-0.2, -0.15) is 0 Å². The highest BCUT2D eigenvalue weighted by Gasteiger charge is 2.27. The van der Waals surface area contributed by atoms with Gasteiger partial charge in [0.15, 0.2) is 5.13 Å². The second-order valence-electron chi connectivity index (χ2n) is 5.30. The summed E-state index contributed by atoms with van der Waals surface area (Å²) in [5, 5.41) is 5.44. The number of carbonyl (C=O) groups excluding carboxylic acids is 1. The number of nitrogens with one attached hydrogen (secondary N) is 1. The summed E-state index contributed by atoms with van der Waals surface area (Å²) in [6.45, 7) is 0.828. The number of benzene rings is 1. The van der Waals surface area contributed by atoms with Crippen LogP contribution in [0.25, 0.3) is 0 Å². The second-order valence-corrected chi connectivity index (χ2v) is 6.19. The van der Waals surface area contributed by atoms with Crippen LogP contribution in [0.5, 0.6) is 0 Å². The molecular formula is C16H19N3OS. The molecule has 1 aliphatic rings. The van der Waals surface area contributed by atoms with E-state index in [1.54, 1.807) is 6.20 Å². The predicted octanol–water partition coefficient (Wildman–Crippen LogP) is 3.77. The van der Waals surface area contributed by atoms with E-state index >= 15 is 0 Å². The highest BCUT2D eigenvalue weighted by atomic mass is 32.1. The summed E-state index contributed by atoms with van der Waals surface area (Å²) in [5.41, 5.74) is 1.29. The molecule has 5 heteroatoms. The molecule has 1 aromatic heterocycles. The molecule has 1 aliphatic heterocycles. The fourth-order valence-electron chi connectivity index (χ4n) is 2.81. The summed E-state index contributed by atoms with van der Waals surface area (Å²) in [6.07, 6.45) is 5.97. The largest absolute Gasteiger partial charge is 0.323 e. The van der Waals surface area contributed by atoms with E-state index in [4.69, 9.17) is 0 Å². The zero-order valence-electron chi connectivity index (χ0n) is 11.9. The minimum absolute atomic E-state index is 0.0226. The number of hydrogen-bond donors (Lipinski definition) is 1. The Kier molecular flexibility index (Phi) is 4.50. The average molecular weight is 301 g/mol. The molecule has 0 radical (unpaired) electrons. The van der Waals surface area contributed by atoms with Crippen LogP contribution in [-0.4, -0.2) is 28.5 Å². The van der Waals surface area contributed by atoms with Crippen molar-refractivity contribution in [2.75, 3.05) is 11.9 Å². The van der Waals surface area contributed by atoms with Crippen molar-refractivity contribution in [1.29, 1.82) is 0 Å². The van der Waals surface area contributed by atoms with Crippen LogP contribution in [0, 0.1) is 0 Å². The lowest BCUT2D eigenvalue weighted by molar-refractivity contribution is 0.162. The Morgan fingerprint density at radius 3 is 2.95 bits per heavy atom. The molecule has 1 aromatic carbocycles. The molecule has 0 saturated carbocycles. The summed E-state index contributed by atoms with van der Waals surface area (Å²) in [6, 6.07) is 10.6. The molecule has 1 fully saturated rings. The third-order valence-corrected chi connectivity index (χ3v) is 4.54. The summed E-state index contributed by atoms with van der Waals surface area (Å²) >= 11 is 1.45. The van der Waals surface area contributed by atoms with Gasteiger partial charge < -0.3 is 4.90 Å². The SMILES string of the molecule is O=C(Nc1nccs1)N1CCCC[C@@H]1Cc1ccccc1. The van der Waals surface area contributed by atoms with Gasteiger partial charge in [0.25, 0.3) is 0 Å². The average Bonchev–Trinajstić information content (AvgIpc) is 3.02. The second kappa shape index (κ2) is 6.72. The monoisotopic (exact) mass is 301 g/mol. The van der Waals surface area contributed by atoms with Crippen LogP contribution in [0.3, 0.4) is 0 Å². The van der Waals surface area contributed by atoms with Gasteiger partial charge in [-0.1, -0.05) is 30.3 Å². The van der Waals surface area contributed by atoms with Gasteiger partial charge in [0.1, 0.15) is 0 Å². The maximum absolute atomic E-state index is 12.4. The molecule has 1 N–H and O–H groups in total. The van der Waals surface area contributed by atoms with E-state index in [0.717, 1.165) is 25.8 Å². The van der Waals surface area contributed by atoms with Gasteiger partial charge in [0, 0.05) is 24.2 Å². The van der Waals surface area contributed by atoms with E-state index in [1.807, 2.05) is 16.3 Å². The Morgan fingerprint density at radius 1 is 1.33 bits per heavy atom. The number of rotatable bonds is 3. The Morgan fingerprint density at radius 2 is 2.19 bits per heavy atom. The van der Waals surface area contributed by atoms with Crippen LogP contribution in [-0.2, 0) is 6.42 Å². The van der Waals surface area contributed by atoms with Crippen LogP contribution in [0.2, 0.25) is 0 Å². The van der Waals surface area contributed by atoms with Gasteiger partial charge in [-0.15, -0.1) is 11.3 Å². The molecule has 4 nitrogen and oxygen atoms in total. The molecule has 1 atom stereocenters. The van der Waals surface area contributed by atoms with Crippen molar-refractivity contribution in [2.24, 2.45) is 0 Å². The van der Waals surface area contributed by atoms with E-state index in [2.05, 4.69) is 34.6 Å². The van der Waals surface area contributed by atoms with Crippen molar-refractivity contribution in [1.82, 2.24) is 9.88 Å². The van der Waals surface area contributed by atoms with Crippen molar-refractivity contribution in [3.63, 3.8) is 0 Å². The highest BCUT2D eigenvalue weighted by Crippen LogP contribution is 2.22. The third kappa shape index (κ3) is 3.61. The number of hydrogen-bond acceptors (Lipinski definition) is 3. The van der Waals surface area contributed by atoms with Gasteiger partial charge in [0.2, 0.25) is 0 Å². The van der Waals surface area contributed by atoms with E-state index in [9.17, 15) is 4.79 Å². The number of likely N-dealkylation sites (tertiary alicyclic amines) is 1. The maximum Gasteiger partial charge on any atom is 0.323 e. The number of amides is 2. The minimum Gasteiger partial charge on any atom is -0.321 e. The van der Waals surface area contributed by atoms with Crippen molar-refractivity contribution in [2.45, 2.75) is 31.7 Å². The molecular weight excluding hydrogens is 282 g/mol. The van der Waals surface area contributed by atoms with Gasteiger partial charge in [-0.3, -0.25) is 5.32 Å². The number of piperidine rings is 1. The van der Waals surface area contributed by atoms with Crippen LogP contribution in [0.15, 0.2) is 41.9 Å². The van der Waals surface area contributed by atoms with Gasteiger partial charge in [0.05, 0.1) is 0 Å². The lowest BCUT2D eigenvalue weighted by Gasteiger charge is -2.35. The van der Waals surface area contributed by atoms with Crippen LogP contribution >= 0.6 is 11.3 Å². The molecule has 0 unspecified atom stereocenters. The predicted molar refractivity (Wildman–Crippen MR) is 85.6 cm³/mol. The number of carbonyl (C=O) groups is 1. The van der Waals surface area contributed by atoms with Crippen molar-refractivity contribution >= 4 is 22.5 Å². The first kappa shape index (κ1) is 14.1. The molecule has 110 valence electrons. The Balaban J connectivity index is 1.67. The highest BCUT2D eigenvalue weighted by molar-refractivity contribution is 7.13. The summed E-state index contributed by atoms with van der Waals surface area (Å²) < 4.78 is 0. The van der Waals surface area contributed by atoms with Crippen LogP contribution in [0.4, 0.5) is 9.93 Å². The number of urea groups is 1. The number of thiazole rings is 1. The lowest BCUT2D eigenvalue weighted by Crippen LogP contribution is -2.46. The molecule has 1 saturated heterocycles. The van der Waals surface area contributed by atoms with E-state index in [0.29, 0.717) is 5.13 Å². The fraction of sp³-hybridized carbons (Fsp3) is 0.375. The first-order chi connectivity index (χ1) is 10.3. The number of nitrogens with zero attached hydrogens (tertiary/aromatic N) is 2. The van der Waals surface area contributed by atoms with Crippen molar-refractivity contribution in [3.8, 4) is 0 Å². The Bertz CT molecular complexity index is 570. The molecule has 3 rings (SSSR count). The quantitative estimate of drug-likeness (QED) is 0.938. The van der Waals surface area contributed by atoms with Crippen molar-refractivity contribution in [3.05, 3.63) is 47.5 Å². The molecule has 2 amide bonds. The molecule has 21 heavy (non-hydrogen) atoms. The van der Waals surface area contributed by atoms with Crippen LogP contribution < -0.4 is 5.32 Å². The first-order valence-electron chi connectivity index (χ1n) is 7.34. The summed E-state index contributed by atoms with van der Waals surface area (Å²) in [4.78, 5) is 18.5. The molecule has 0 spiro atoms. The minimum atomic E-state index is -0.0226. The van der Waals surface area contributed by atoms with Gasteiger partial charge >= 0.3 is 6.03 Å². The zero-order chi connectivity index (χ0) is 14.5. The van der Waals surface area contributed by atoms with E-state index in [1.165, 1.54) is 23.3 Å². The first-order valence-corrected chi connectivity index (χ1v) is 8.22. The Hall–Kier alpha value is -1.88. The normalized spacial score (nSPS) is 18.5. The maximum atomic E-state index is 12.4. The standard InChI is InChI=1S/C16H19N3OS/c20-16(18-15-17-9-11-21-15)19-10-5-4-8-14(19)12-13-6-2-1-3-7-13/h1-3,6-7,9,11,14H,4-5,8,10,12H2,(H,17,18,20)/t14-/m1/s1. The molecule has 0 aliphatic carbocycles. The molecule has 2 heterocycles. The fourth-order valence-corrected chi connectivity index (χ4v) is 3.33. The smallest absolute Gasteiger partial charge is 0.321 e. The van der Waals surface area contributed by atoms with Crippen molar-refractivity contribution < 1.29 is 4.79 Å². The molecule has 2 aromatic rings. The molecule has 0 bridgehead atoms. The summed E-state index contributed by atoms with van der Waals surface area (Å²) in [5.74, 6) is 0. The zero-order valence-corrected chi connectivity index (χ0v) is 12.7.